The maximum absolute atomic E-state index is 6.28. The number of nitrogens with one attached hydrogen (secondary N) is 1. The number of nitrogens with zero attached hydrogens (tertiary/aromatic N) is 2. The van der Waals surface area contributed by atoms with Crippen LogP contribution in [-0.2, 0) is 0 Å². The van der Waals surface area contributed by atoms with E-state index in [9.17, 15) is 0 Å². The van der Waals surface area contributed by atoms with Crippen molar-refractivity contribution in [1.29, 1.82) is 0 Å². The number of hydrogen-bond acceptors (Lipinski definition) is 3. The van der Waals surface area contributed by atoms with E-state index in [4.69, 9.17) is 23.2 Å². The Morgan fingerprint density at radius 2 is 2.28 bits per heavy atom. The Bertz CT molecular complexity index is 452. The quantitative estimate of drug-likeness (QED) is 0.906. The minimum atomic E-state index is 0.538. The molecule has 0 spiro atoms. The van der Waals surface area contributed by atoms with E-state index in [1.54, 1.807) is 12.3 Å². The topological polar surface area (TPSA) is 28.2 Å². The summed E-state index contributed by atoms with van der Waals surface area (Å²) in [4.78, 5) is 6.80. The third kappa shape index (κ3) is 1.98. The highest BCUT2D eigenvalue weighted by molar-refractivity contribution is 6.36. The number of aromatic nitrogens is 1. The summed E-state index contributed by atoms with van der Waals surface area (Å²) in [5.74, 6) is 2.34. The van der Waals surface area contributed by atoms with Crippen molar-refractivity contribution in [1.82, 2.24) is 10.3 Å². The molecule has 18 heavy (non-hydrogen) atoms. The first-order valence-corrected chi connectivity index (χ1v) is 7.24. The zero-order valence-corrected chi connectivity index (χ0v) is 11.9. The lowest BCUT2D eigenvalue weighted by atomic mass is 9.93. The standard InChI is InChI=1S/C13H17Cl2N3/c1-2-12-10-6-16-4-8(10)7-18(12)13-11(15)3-9(14)5-17-13/h3,5,8,10,12,16H,2,4,6-7H2,1H3. The van der Waals surface area contributed by atoms with Crippen LogP contribution in [0, 0.1) is 11.8 Å². The van der Waals surface area contributed by atoms with Gasteiger partial charge in [0.15, 0.2) is 0 Å². The molecule has 1 N–H and O–H groups in total. The van der Waals surface area contributed by atoms with E-state index in [0.717, 1.165) is 43.7 Å². The fourth-order valence-corrected chi connectivity index (χ4v) is 3.90. The van der Waals surface area contributed by atoms with Crippen molar-refractivity contribution >= 4 is 29.0 Å². The van der Waals surface area contributed by atoms with Gasteiger partial charge in [-0.2, -0.15) is 0 Å². The molecule has 3 nitrogen and oxygen atoms in total. The van der Waals surface area contributed by atoms with Crippen LogP contribution in [0.3, 0.4) is 0 Å². The third-order valence-electron chi connectivity index (χ3n) is 4.20. The van der Waals surface area contributed by atoms with Gasteiger partial charge in [0.25, 0.3) is 0 Å². The third-order valence-corrected chi connectivity index (χ3v) is 4.68. The summed E-state index contributed by atoms with van der Waals surface area (Å²) in [6.45, 7) is 5.51. The lowest BCUT2D eigenvalue weighted by Crippen LogP contribution is -2.35. The van der Waals surface area contributed by atoms with E-state index < -0.39 is 0 Å². The smallest absolute Gasteiger partial charge is 0.147 e. The van der Waals surface area contributed by atoms with Crippen LogP contribution < -0.4 is 10.2 Å². The average molecular weight is 286 g/mol. The van der Waals surface area contributed by atoms with Gasteiger partial charge in [-0.3, -0.25) is 0 Å². The summed E-state index contributed by atoms with van der Waals surface area (Å²) >= 11 is 12.2. The van der Waals surface area contributed by atoms with Gasteiger partial charge in [-0.1, -0.05) is 30.1 Å². The van der Waals surface area contributed by atoms with E-state index in [-0.39, 0.29) is 0 Å². The van der Waals surface area contributed by atoms with Crippen molar-refractivity contribution < 1.29 is 0 Å². The summed E-state index contributed by atoms with van der Waals surface area (Å²) in [5, 5.41) is 4.74. The van der Waals surface area contributed by atoms with Crippen molar-refractivity contribution in [3.05, 3.63) is 22.3 Å². The van der Waals surface area contributed by atoms with Crippen LogP contribution >= 0.6 is 23.2 Å². The lowest BCUT2D eigenvalue weighted by molar-refractivity contribution is 0.441. The monoisotopic (exact) mass is 285 g/mol. The van der Waals surface area contributed by atoms with Gasteiger partial charge in [-0.05, 0) is 24.3 Å². The van der Waals surface area contributed by atoms with E-state index in [0.29, 0.717) is 16.1 Å². The molecule has 2 aliphatic heterocycles. The van der Waals surface area contributed by atoms with E-state index in [1.165, 1.54) is 0 Å². The molecule has 0 aromatic carbocycles. The van der Waals surface area contributed by atoms with Crippen LogP contribution in [0.2, 0.25) is 10.0 Å². The molecule has 0 aliphatic carbocycles. The molecule has 2 saturated heterocycles. The predicted octanol–water partition coefficient (Wildman–Crippen LogP) is 2.82. The van der Waals surface area contributed by atoms with Gasteiger partial charge in [0, 0.05) is 31.9 Å². The molecule has 0 bridgehead atoms. The van der Waals surface area contributed by atoms with E-state index in [1.807, 2.05) is 0 Å². The number of hydrogen-bond donors (Lipinski definition) is 1. The fourth-order valence-electron chi connectivity index (χ4n) is 3.41. The van der Waals surface area contributed by atoms with E-state index >= 15 is 0 Å². The maximum atomic E-state index is 6.28. The summed E-state index contributed by atoms with van der Waals surface area (Å²) in [6, 6.07) is 2.32. The zero-order valence-electron chi connectivity index (χ0n) is 10.4. The molecule has 98 valence electrons. The van der Waals surface area contributed by atoms with Gasteiger partial charge in [0.2, 0.25) is 0 Å². The Morgan fingerprint density at radius 3 is 3.00 bits per heavy atom. The Hall–Kier alpha value is -0.510. The molecule has 0 radical (unpaired) electrons. The second-order valence-corrected chi connectivity index (χ2v) is 6.01. The molecule has 2 aliphatic rings. The zero-order chi connectivity index (χ0) is 12.7. The van der Waals surface area contributed by atoms with Crippen LogP contribution in [0.25, 0.3) is 0 Å². The van der Waals surface area contributed by atoms with Crippen molar-refractivity contribution in [2.24, 2.45) is 11.8 Å². The van der Waals surface area contributed by atoms with Gasteiger partial charge in [0.1, 0.15) is 5.82 Å². The second kappa shape index (κ2) is 4.87. The van der Waals surface area contributed by atoms with Crippen LogP contribution in [0.15, 0.2) is 12.3 Å². The normalized spacial score (nSPS) is 30.8. The number of anilines is 1. The minimum absolute atomic E-state index is 0.538. The Morgan fingerprint density at radius 1 is 1.44 bits per heavy atom. The molecule has 3 atom stereocenters. The number of rotatable bonds is 2. The van der Waals surface area contributed by atoms with Gasteiger partial charge < -0.3 is 10.2 Å². The summed E-state index contributed by atoms with van der Waals surface area (Å²) in [7, 11) is 0. The molecule has 2 fully saturated rings. The van der Waals surface area contributed by atoms with E-state index in [2.05, 4.69) is 22.1 Å². The fraction of sp³-hybridized carbons (Fsp3) is 0.615. The van der Waals surface area contributed by atoms with Gasteiger partial charge >= 0.3 is 0 Å². The van der Waals surface area contributed by atoms with Crippen LogP contribution in [-0.4, -0.2) is 30.7 Å². The molecular formula is C13H17Cl2N3. The number of pyridine rings is 1. The average Bonchev–Trinajstić information content (AvgIpc) is 2.88. The summed E-state index contributed by atoms with van der Waals surface area (Å²) < 4.78 is 0. The minimum Gasteiger partial charge on any atom is -0.352 e. The Balaban J connectivity index is 1.91. The van der Waals surface area contributed by atoms with Gasteiger partial charge in [-0.15, -0.1) is 0 Å². The van der Waals surface area contributed by atoms with Crippen molar-refractivity contribution in [2.75, 3.05) is 24.5 Å². The maximum Gasteiger partial charge on any atom is 0.147 e. The molecule has 3 unspecified atom stereocenters. The van der Waals surface area contributed by atoms with Crippen molar-refractivity contribution in [2.45, 2.75) is 19.4 Å². The number of halogens is 2. The first-order valence-electron chi connectivity index (χ1n) is 6.49. The Kier molecular flexibility index (Phi) is 3.39. The molecular weight excluding hydrogens is 269 g/mol. The molecule has 0 saturated carbocycles. The van der Waals surface area contributed by atoms with Gasteiger partial charge in [-0.25, -0.2) is 4.98 Å². The molecule has 5 heteroatoms. The second-order valence-electron chi connectivity index (χ2n) is 5.17. The Labute approximate surface area is 117 Å². The highest BCUT2D eigenvalue weighted by Gasteiger charge is 2.44. The molecule has 0 amide bonds. The summed E-state index contributed by atoms with van der Waals surface area (Å²) in [5.41, 5.74) is 0. The van der Waals surface area contributed by atoms with Crippen LogP contribution in [0.4, 0.5) is 5.82 Å². The van der Waals surface area contributed by atoms with Crippen molar-refractivity contribution in [3.8, 4) is 0 Å². The van der Waals surface area contributed by atoms with Crippen LogP contribution in [0.1, 0.15) is 13.3 Å². The highest BCUT2D eigenvalue weighted by atomic mass is 35.5. The van der Waals surface area contributed by atoms with Crippen LogP contribution in [0.5, 0.6) is 0 Å². The first kappa shape index (κ1) is 12.5. The molecule has 3 rings (SSSR count). The predicted molar refractivity (Wildman–Crippen MR) is 75.5 cm³/mol. The summed E-state index contributed by atoms with van der Waals surface area (Å²) in [6.07, 6.45) is 2.81. The van der Waals surface area contributed by atoms with Crippen molar-refractivity contribution in [3.63, 3.8) is 0 Å². The van der Waals surface area contributed by atoms with Gasteiger partial charge in [0.05, 0.1) is 10.0 Å². The largest absolute Gasteiger partial charge is 0.352 e. The molecule has 1 aromatic rings. The first-order chi connectivity index (χ1) is 8.70. The lowest BCUT2D eigenvalue weighted by Gasteiger charge is -2.28. The molecule has 1 aromatic heterocycles. The number of fused-ring (bicyclic) bond motifs is 1. The molecule has 3 heterocycles. The highest BCUT2D eigenvalue weighted by Crippen LogP contribution is 2.39. The SMILES string of the molecule is CCC1C2CNCC2CN1c1ncc(Cl)cc1Cl.